The first-order valence-corrected chi connectivity index (χ1v) is 11.2. The Bertz CT molecular complexity index is 1290. The molecule has 0 spiro atoms. The average molecular weight is 430 g/mol. The van der Waals surface area contributed by atoms with Gasteiger partial charge in [-0.05, 0) is 78.6 Å². The van der Waals surface area contributed by atoms with Gasteiger partial charge in [0.1, 0.15) is 5.02 Å². The lowest BCUT2D eigenvalue weighted by Crippen LogP contribution is -2.27. The van der Waals surface area contributed by atoms with Crippen molar-refractivity contribution in [3.8, 4) is 5.82 Å². The van der Waals surface area contributed by atoms with Gasteiger partial charge in [-0.3, -0.25) is 4.57 Å². The molecule has 0 unspecified atom stereocenters. The van der Waals surface area contributed by atoms with Crippen molar-refractivity contribution in [1.29, 1.82) is 0 Å². The smallest absolute Gasteiger partial charge is 0.229 e. The molecule has 0 saturated heterocycles. The zero-order chi connectivity index (χ0) is 20.9. The van der Waals surface area contributed by atoms with E-state index in [1.54, 1.807) is 11.8 Å². The van der Waals surface area contributed by atoms with Crippen LogP contribution in [0, 0.1) is 0 Å². The number of hydrogen-bond acceptors (Lipinski definition) is 4. The summed E-state index contributed by atoms with van der Waals surface area (Å²) in [6.45, 7) is 2.13. The van der Waals surface area contributed by atoms with Gasteiger partial charge in [0.2, 0.25) is 5.95 Å². The fraction of sp³-hybridized carbons (Fsp3) is 0.280. The summed E-state index contributed by atoms with van der Waals surface area (Å²) < 4.78 is 2.02. The Morgan fingerprint density at radius 2 is 2.00 bits per heavy atom. The summed E-state index contributed by atoms with van der Waals surface area (Å²) in [5, 5.41) is 5.13. The SMILES string of the molecule is CN1CCc2c(cc(Nc3ncc(Cl)c(-n4ccc5ccccc54)n3)cc2C2CC2)C1. The first kappa shape index (κ1) is 18.8. The van der Waals surface area contributed by atoms with Crippen LogP contribution in [-0.4, -0.2) is 33.0 Å². The normalized spacial score (nSPS) is 16.5. The molecule has 2 aliphatic rings. The molecule has 0 amide bonds. The molecule has 2 aromatic carbocycles. The van der Waals surface area contributed by atoms with E-state index in [0.29, 0.717) is 22.7 Å². The van der Waals surface area contributed by atoms with Crippen LogP contribution in [0.15, 0.2) is 54.9 Å². The molecular formula is C25H24ClN5. The van der Waals surface area contributed by atoms with Gasteiger partial charge in [-0.2, -0.15) is 4.98 Å². The molecule has 0 radical (unpaired) electrons. The molecule has 4 aromatic rings. The maximum Gasteiger partial charge on any atom is 0.229 e. The third-order valence-electron chi connectivity index (χ3n) is 6.39. The number of nitrogens with one attached hydrogen (secondary N) is 1. The van der Waals surface area contributed by atoms with Crippen LogP contribution in [-0.2, 0) is 13.0 Å². The molecule has 1 aliphatic heterocycles. The molecule has 2 aromatic heterocycles. The van der Waals surface area contributed by atoms with Crippen molar-refractivity contribution in [2.45, 2.75) is 31.7 Å². The van der Waals surface area contributed by atoms with Crippen LogP contribution in [0.2, 0.25) is 5.02 Å². The number of anilines is 2. The number of benzene rings is 2. The second kappa shape index (κ2) is 7.36. The van der Waals surface area contributed by atoms with Crippen LogP contribution in [0.5, 0.6) is 0 Å². The molecule has 5 nitrogen and oxygen atoms in total. The minimum Gasteiger partial charge on any atom is -0.324 e. The van der Waals surface area contributed by atoms with Crippen LogP contribution in [0.1, 0.15) is 35.4 Å². The molecule has 1 saturated carbocycles. The lowest BCUT2D eigenvalue weighted by Gasteiger charge is -2.28. The topological polar surface area (TPSA) is 46.0 Å². The van der Waals surface area contributed by atoms with E-state index < -0.39 is 0 Å². The summed E-state index contributed by atoms with van der Waals surface area (Å²) in [5.41, 5.74) is 6.62. The third-order valence-corrected chi connectivity index (χ3v) is 6.65. The van der Waals surface area contributed by atoms with E-state index in [4.69, 9.17) is 16.6 Å². The Labute approximate surface area is 186 Å². The molecule has 156 valence electrons. The number of likely N-dealkylation sites (N-methyl/N-ethyl adjacent to an activating group) is 1. The van der Waals surface area contributed by atoms with Gasteiger partial charge >= 0.3 is 0 Å². The quantitative estimate of drug-likeness (QED) is 0.453. The summed E-state index contributed by atoms with van der Waals surface area (Å²) in [6.07, 6.45) is 7.42. The first-order valence-electron chi connectivity index (χ1n) is 10.9. The molecule has 6 heteroatoms. The highest BCUT2D eigenvalue weighted by Crippen LogP contribution is 2.44. The third kappa shape index (κ3) is 3.48. The standard InChI is InChI=1S/C25H24ClN5/c1-30-10-9-20-18(15-30)12-19(13-21(20)16-6-7-16)28-25-27-14-22(26)24(29-25)31-11-8-17-4-2-3-5-23(17)31/h2-5,8,11-14,16H,6-7,9-10,15H2,1H3,(H,27,28,29). The van der Waals surface area contributed by atoms with Crippen molar-refractivity contribution in [2.24, 2.45) is 0 Å². The van der Waals surface area contributed by atoms with Crippen LogP contribution in [0.4, 0.5) is 11.6 Å². The first-order chi connectivity index (χ1) is 15.2. The molecule has 0 bridgehead atoms. The molecule has 0 atom stereocenters. The lowest BCUT2D eigenvalue weighted by molar-refractivity contribution is 0.312. The average Bonchev–Trinajstić information content (AvgIpc) is 3.53. The Kier molecular flexibility index (Phi) is 4.47. The predicted molar refractivity (Wildman–Crippen MR) is 126 cm³/mol. The summed E-state index contributed by atoms with van der Waals surface area (Å²) >= 11 is 6.50. The number of nitrogens with zero attached hydrogens (tertiary/aromatic N) is 4. The van der Waals surface area contributed by atoms with E-state index in [1.807, 2.05) is 22.9 Å². The van der Waals surface area contributed by atoms with Crippen molar-refractivity contribution in [3.63, 3.8) is 0 Å². The second-order valence-corrected chi connectivity index (χ2v) is 9.11. The Morgan fingerprint density at radius 1 is 1.13 bits per heavy atom. The van der Waals surface area contributed by atoms with Crippen LogP contribution in [0.3, 0.4) is 0 Å². The van der Waals surface area contributed by atoms with Crippen molar-refractivity contribution in [2.75, 3.05) is 18.9 Å². The van der Waals surface area contributed by atoms with Gasteiger partial charge in [-0.15, -0.1) is 0 Å². The highest BCUT2D eigenvalue weighted by molar-refractivity contribution is 6.32. The van der Waals surface area contributed by atoms with Crippen molar-refractivity contribution in [1.82, 2.24) is 19.4 Å². The van der Waals surface area contributed by atoms with Gasteiger partial charge in [-0.1, -0.05) is 29.8 Å². The van der Waals surface area contributed by atoms with E-state index >= 15 is 0 Å². The Balaban J connectivity index is 1.38. The maximum absolute atomic E-state index is 6.50. The van der Waals surface area contributed by atoms with Crippen LogP contribution >= 0.6 is 11.6 Å². The minimum absolute atomic E-state index is 0.526. The number of halogens is 1. The maximum atomic E-state index is 6.50. The monoisotopic (exact) mass is 429 g/mol. The van der Waals surface area contributed by atoms with Gasteiger partial charge in [0.15, 0.2) is 5.82 Å². The number of hydrogen-bond donors (Lipinski definition) is 1. The van der Waals surface area contributed by atoms with Crippen molar-refractivity contribution >= 4 is 34.1 Å². The molecule has 1 N–H and O–H groups in total. The fourth-order valence-corrected chi connectivity index (χ4v) is 4.87. The van der Waals surface area contributed by atoms with Crippen molar-refractivity contribution in [3.05, 3.63) is 76.6 Å². The van der Waals surface area contributed by atoms with Gasteiger partial charge < -0.3 is 10.2 Å². The van der Waals surface area contributed by atoms with Crippen molar-refractivity contribution < 1.29 is 0 Å². The summed E-state index contributed by atoms with van der Waals surface area (Å²) in [6, 6.07) is 14.9. The zero-order valence-corrected chi connectivity index (χ0v) is 18.2. The molecule has 3 heterocycles. The number of aromatic nitrogens is 3. The van der Waals surface area contributed by atoms with E-state index in [1.165, 1.54) is 24.0 Å². The fourth-order valence-electron chi connectivity index (χ4n) is 4.69. The van der Waals surface area contributed by atoms with Crippen LogP contribution < -0.4 is 5.32 Å². The molecule has 1 fully saturated rings. The Morgan fingerprint density at radius 3 is 2.87 bits per heavy atom. The molecular weight excluding hydrogens is 406 g/mol. The number of fused-ring (bicyclic) bond motifs is 2. The molecule has 31 heavy (non-hydrogen) atoms. The van der Waals surface area contributed by atoms with E-state index in [0.717, 1.165) is 36.1 Å². The van der Waals surface area contributed by atoms with Crippen LogP contribution in [0.25, 0.3) is 16.7 Å². The number of para-hydroxylation sites is 1. The molecule has 6 rings (SSSR count). The predicted octanol–water partition coefficient (Wildman–Crippen LogP) is 5.68. The minimum atomic E-state index is 0.526. The second-order valence-electron chi connectivity index (χ2n) is 8.70. The summed E-state index contributed by atoms with van der Waals surface area (Å²) in [5.74, 6) is 1.95. The Hall–Kier alpha value is -2.89. The number of rotatable bonds is 4. The van der Waals surface area contributed by atoms with Gasteiger partial charge in [0.05, 0.1) is 11.7 Å². The zero-order valence-electron chi connectivity index (χ0n) is 17.5. The van der Waals surface area contributed by atoms with Gasteiger partial charge in [0.25, 0.3) is 0 Å². The highest BCUT2D eigenvalue weighted by Gasteiger charge is 2.29. The highest BCUT2D eigenvalue weighted by atomic mass is 35.5. The van der Waals surface area contributed by atoms with Gasteiger partial charge in [0, 0.05) is 25.0 Å². The van der Waals surface area contributed by atoms with E-state index in [2.05, 4.69) is 52.6 Å². The van der Waals surface area contributed by atoms with E-state index in [-0.39, 0.29) is 0 Å². The van der Waals surface area contributed by atoms with Gasteiger partial charge in [-0.25, -0.2) is 4.98 Å². The summed E-state index contributed by atoms with van der Waals surface area (Å²) in [7, 11) is 2.19. The van der Waals surface area contributed by atoms with E-state index in [9.17, 15) is 0 Å². The molecule has 1 aliphatic carbocycles. The summed E-state index contributed by atoms with van der Waals surface area (Å²) in [4.78, 5) is 11.6. The lowest BCUT2D eigenvalue weighted by atomic mass is 9.91. The largest absolute Gasteiger partial charge is 0.324 e.